The molecule has 25 heavy (non-hydrogen) atoms. The van der Waals surface area contributed by atoms with Gasteiger partial charge in [0.1, 0.15) is 10.7 Å². The van der Waals surface area contributed by atoms with Crippen LogP contribution in [0.4, 0.5) is 0 Å². The van der Waals surface area contributed by atoms with Gasteiger partial charge in [-0.05, 0) is 17.7 Å². The second-order valence-corrected chi connectivity index (χ2v) is 7.59. The van der Waals surface area contributed by atoms with E-state index in [1.807, 2.05) is 13.8 Å². The molecule has 0 aliphatic carbocycles. The molecule has 0 aliphatic heterocycles. The fourth-order valence-corrected chi connectivity index (χ4v) is 3.99. The summed E-state index contributed by atoms with van der Waals surface area (Å²) in [5, 5.41) is 11.9. The van der Waals surface area contributed by atoms with Crippen molar-refractivity contribution in [3.05, 3.63) is 60.9 Å². The van der Waals surface area contributed by atoms with E-state index in [1.54, 1.807) is 18.2 Å². The van der Waals surface area contributed by atoms with Crippen molar-refractivity contribution < 1.29 is 9.90 Å². The molecule has 0 bridgehead atoms. The molecule has 1 aromatic carbocycles. The molecule has 130 valence electrons. The molecule has 0 amide bonds. The highest BCUT2D eigenvalue weighted by molar-refractivity contribution is 7.17. The first kappa shape index (κ1) is 17.9. The van der Waals surface area contributed by atoms with Crippen molar-refractivity contribution in [2.45, 2.75) is 26.3 Å². The van der Waals surface area contributed by atoms with Crippen LogP contribution in [0.1, 0.15) is 41.5 Å². The van der Waals surface area contributed by atoms with E-state index in [0.29, 0.717) is 26.3 Å². The molecule has 0 unspecified atom stereocenters. The maximum atomic E-state index is 13.0. The monoisotopic (exact) mass is 396 g/mol. The number of hydrogen-bond acceptors (Lipinski definition) is 4. The number of benzene rings is 1. The van der Waals surface area contributed by atoms with Crippen molar-refractivity contribution in [2.24, 2.45) is 0 Å². The normalized spacial score (nSPS) is 11.4. The third kappa shape index (κ3) is 3.29. The van der Waals surface area contributed by atoms with E-state index in [1.165, 1.54) is 9.95 Å². The van der Waals surface area contributed by atoms with Crippen molar-refractivity contribution in [2.75, 3.05) is 0 Å². The van der Waals surface area contributed by atoms with Gasteiger partial charge in [0, 0.05) is 21.3 Å². The Morgan fingerprint density at radius 1 is 1.36 bits per heavy atom. The SMILES string of the molecule is CC(C)c1nc2scc(C(=O)O)c2c(=O)n1Cc1ccc(Cl)cc1Cl. The van der Waals surface area contributed by atoms with Crippen LogP contribution in [0.5, 0.6) is 0 Å². The summed E-state index contributed by atoms with van der Waals surface area (Å²) in [7, 11) is 0. The van der Waals surface area contributed by atoms with Gasteiger partial charge in [0.15, 0.2) is 0 Å². The predicted molar refractivity (Wildman–Crippen MR) is 100 cm³/mol. The number of aromatic nitrogens is 2. The van der Waals surface area contributed by atoms with E-state index in [0.717, 1.165) is 11.3 Å². The average molecular weight is 397 g/mol. The number of fused-ring (bicyclic) bond motifs is 1. The van der Waals surface area contributed by atoms with Gasteiger partial charge in [-0.1, -0.05) is 43.1 Å². The van der Waals surface area contributed by atoms with Crippen LogP contribution in [0.15, 0.2) is 28.4 Å². The number of hydrogen-bond donors (Lipinski definition) is 1. The molecule has 0 atom stereocenters. The van der Waals surface area contributed by atoms with Gasteiger partial charge in [-0.3, -0.25) is 9.36 Å². The lowest BCUT2D eigenvalue weighted by molar-refractivity contribution is 0.0699. The summed E-state index contributed by atoms with van der Waals surface area (Å²) in [5.41, 5.74) is 0.311. The Kier molecular flexibility index (Phi) is 4.86. The first-order valence-electron chi connectivity index (χ1n) is 7.48. The van der Waals surface area contributed by atoms with Crippen LogP contribution in [-0.4, -0.2) is 20.6 Å². The number of rotatable bonds is 4. The summed E-state index contributed by atoms with van der Waals surface area (Å²) in [6.07, 6.45) is 0. The number of halogens is 2. The van der Waals surface area contributed by atoms with E-state index in [2.05, 4.69) is 4.98 Å². The average Bonchev–Trinajstić information content (AvgIpc) is 2.96. The second-order valence-electron chi connectivity index (χ2n) is 5.89. The molecule has 2 aromatic heterocycles. The molecule has 5 nitrogen and oxygen atoms in total. The minimum absolute atomic E-state index is 0.0152. The highest BCUT2D eigenvalue weighted by Gasteiger charge is 2.21. The van der Waals surface area contributed by atoms with Crippen LogP contribution in [-0.2, 0) is 6.54 Å². The van der Waals surface area contributed by atoms with Crippen LogP contribution >= 0.6 is 34.5 Å². The van der Waals surface area contributed by atoms with Crippen molar-refractivity contribution >= 4 is 50.7 Å². The summed E-state index contributed by atoms with van der Waals surface area (Å²) in [4.78, 5) is 29.4. The van der Waals surface area contributed by atoms with Crippen molar-refractivity contribution in [1.29, 1.82) is 0 Å². The fourth-order valence-electron chi connectivity index (χ4n) is 2.61. The first-order valence-corrected chi connectivity index (χ1v) is 9.12. The molecule has 2 heterocycles. The topological polar surface area (TPSA) is 72.2 Å². The third-order valence-corrected chi connectivity index (χ3v) is 5.27. The minimum atomic E-state index is -1.14. The molecular weight excluding hydrogens is 383 g/mol. The zero-order valence-electron chi connectivity index (χ0n) is 13.4. The van der Waals surface area contributed by atoms with E-state index >= 15 is 0 Å². The van der Waals surface area contributed by atoms with Gasteiger partial charge in [-0.25, -0.2) is 9.78 Å². The number of carboxylic acids is 1. The van der Waals surface area contributed by atoms with Crippen LogP contribution < -0.4 is 5.56 Å². The zero-order chi connectivity index (χ0) is 18.3. The molecule has 8 heteroatoms. The number of aromatic carboxylic acids is 1. The number of carbonyl (C=O) groups is 1. The van der Waals surface area contributed by atoms with E-state index in [-0.39, 0.29) is 29.0 Å². The maximum absolute atomic E-state index is 13.0. The van der Waals surface area contributed by atoms with Gasteiger partial charge in [0.05, 0.1) is 17.5 Å². The number of nitrogens with zero attached hydrogens (tertiary/aromatic N) is 2. The quantitative estimate of drug-likeness (QED) is 0.697. The summed E-state index contributed by atoms with van der Waals surface area (Å²) < 4.78 is 1.49. The summed E-state index contributed by atoms with van der Waals surface area (Å²) >= 11 is 13.3. The van der Waals surface area contributed by atoms with Gasteiger partial charge < -0.3 is 5.11 Å². The Bertz CT molecular complexity index is 1040. The number of thiophene rings is 1. The molecule has 0 saturated heterocycles. The van der Waals surface area contributed by atoms with Crippen LogP contribution in [0.2, 0.25) is 10.0 Å². The van der Waals surface area contributed by atoms with Crippen LogP contribution in [0.25, 0.3) is 10.2 Å². The Balaban J connectivity index is 2.26. The standard InChI is InChI=1S/C17H14Cl2N2O3S/c1-8(2)14-20-15-13(11(7-25-15)17(23)24)16(22)21(14)6-9-3-4-10(18)5-12(9)19/h3-5,7-8H,6H2,1-2H3,(H,23,24). The molecule has 0 radical (unpaired) electrons. The highest BCUT2D eigenvalue weighted by Crippen LogP contribution is 2.26. The Hall–Kier alpha value is -1.89. The molecule has 0 spiro atoms. The van der Waals surface area contributed by atoms with Crippen LogP contribution in [0.3, 0.4) is 0 Å². The van der Waals surface area contributed by atoms with Gasteiger partial charge in [0.2, 0.25) is 0 Å². The molecule has 3 aromatic rings. The van der Waals surface area contributed by atoms with Crippen LogP contribution in [0, 0.1) is 0 Å². The first-order chi connectivity index (χ1) is 11.8. The van der Waals surface area contributed by atoms with Crippen molar-refractivity contribution in [3.8, 4) is 0 Å². The van der Waals surface area contributed by atoms with Gasteiger partial charge >= 0.3 is 5.97 Å². The van der Waals surface area contributed by atoms with Crippen molar-refractivity contribution in [3.63, 3.8) is 0 Å². The zero-order valence-corrected chi connectivity index (χ0v) is 15.7. The molecule has 3 rings (SSSR count). The molecule has 0 aliphatic rings. The van der Waals surface area contributed by atoms with E-state index < -0.39 is 5.97 Å². The van der Waals surface area contributed by atoms with E-state index in [4.69, 9.17) is 23.2 Å². The second kappa shape index (κ2) is 6.78. The van der Waals surface area contributed by atoms with Crippen molar-refractivity contribution in [1.82, 2.24) is 9.55 Å². The van der Waals surface area contributed by atoms with Gasteiger partial charge in [-0.15, -0.1) is 11.3 Å². The Morgan fingerprint density at radius 2 is 2.08 bits per heavy atom. The summed E-state index contributed by atoms with van der Waals surface area (Å²) in [6.45, 7) is 4.05. The van der Waals surface area contributed by atoms with E-state index in [9.17, 15) is 14.7 Å². The molecule has 0 fully saturated rings. The lowest BCUT2D eigenvalue weighted by Crippen LogP contribution is -2.27. The lowest BCUT2D eigenvalue weighted by atomic mass is 10.1. The predicted octanol–water partition coefficient (Wildman–Crippen LogP) is 4.63. The lowest BCUT2D eigenvalue weighted by Gasteiger charge is -2.16. The van der Waals surface area contributed by atoms with Gasteiger partial charge in [-0.2, -0.15) is 0 Å². The molecule has 0 saturated carbocycles. The Morgan fingerprint density at radius 3 is 2.68 bits per heavy atom. The Labute approximate surface area is 157 Å². The highest BCUT2D eigenvalue weighted by atomic mass is 35.5. The summed E-state index contributed by atoms with van der Waals surface area (Å²) in [5.74, 6) is -0.570. The third-order valence-electron chi connectivity index (χ3n) is 3.81. The maximum Gasteiger partial charge on any atom is 0.337 e. The largest absolute Gasteiger partial charge is 0.478 e. The molecular formula is C17H14Cl2N2O3S. The molecule has 1 N–H and O–H groups in total. The minimum Gasteiger partial charge on any atom is -0.478 e. The van der Waals surface area contributed by atoms with Gasteiger partial charge in [0.25, 0.3) is 5.56 Å². The summed E-state index contributed by atoms with van der Waals surface area (Å²) in [6, 6.07) is 5.05. The smallest absolute Gasteiger partial charge is 0.337 e. The number of carboxylic acid groups (broad SMARTS) is 1. The fraction of sp³-hybridized carbons (Fsp3) is 0.235.